The van der Waals surface area contributed by atoms with Gasteiger partial charge in [-0.05, 0) is 12.7 Å². The summed E-state index contributed by atoms with van der Waals surface area (Å²) in [7, 11) is 0. The third kappa shape index (κ3) is 6.23. The summed E-state index contributed by atoms with van der Waals surface area (Å²) in [6, 6.07) is 0. The molecule has 56 valence electrons. The molecule has 0 rings (SSSR count). The molecule has 0 aromatic heterocycles. The van der Waals surface area contributed by atoms with Gasteiger partial charge in [0.25, 0.3) is 0 Å². The molecule has 0 N–H and O–H groups in total. The number of thioether (sulfide) groups is 1. The molecule has 0 spiro atoms. The monoisotopic (exact) mass is 146 g/mol. The van der Waals surface area contributed by atoms with Crippen LogP contribution in [0.5, 0.6) is 0 Å². The SMILES string of the molecule is CCCCCC(C)SC. The maximum atomic E-state index is 2.31. The first kappa shape index (κ1) is 9.35. The second kappa shape index (κ2) is 6.47. The van der Waals surface area contributed by atoms with Crippen molar-refractivity contribution in [3.63, 3.8) is 0 Å². The summed E-state index contributed by atoms with van der Waals surface area (Å²) in [6.45, 7) is 4.56. The van der Waals surface area contributed by atoms with Crippen LogP contribution in [0.2, 0.25) is 0 Å². The van der Waals surface area contributed by atoms with Crippen LogP contribution in [0.3, 0.4) is 0 Å². The van der Waals surface area contributed by atoms with Crippen molar-refractivity contribution in [2.24, 2.45) is 0 Å². The lowest BCUT2D eigenvalue weighted by molar-refractivity contribution is 0.665. The molecule has 0 fully saturated rings. The summed E-state index contributed by atoms with van der Waals surface area (Å²) >= 11 is 1.98. The van der Waals surface area contributed by atoms with Gasteiger partial charge < -0.3 is 0 Å². The van der Waals surface area contributed by atoms with Crippen LogP contribution in [0.1, 0.15) is 39.5 Å². The maximum absolute atomic E-state index is 2.31. The summed E-state index contributed by atoms with van der Waals surface area (Å²) in [6.07, 6.45) is 7.76. The molecule has 0 saturated carbocycles. The van der Waals surface area contributed by atoms with Crippen LogP contribution in [0.25, 0.3) is 0 Å². The third-order valence-electron chi connectivity index (χ3n) is 1.62. The molecular weight excluding hydrogens is 128 g/mol. The van der Waals surface area contributed by atoms with Crippen molar-refractivity contribution < 1.29 is 0 Å². The van der Waals surface area contributed by atoms with Crippen LogP contribution >= 0.6 is 11.8 Å². The minimum absolute atomic E-state index is 0.872. The lowest BCUT2D eigenvalue weighted by Crippen LogP contribution is -1.93. The predicted molar refractivity (Wildman–Crippen MR) is 47.1 cm³/mol. The van der Waals surface area contributed by atoms with Crippen LogP contribution in [0.15, 0.2) is 0 Å². The molecule has 0 amide bonds. The number of hydrogen-bond acceptors (Lipinski definition) is 1. The van der Waals surface area contributed by atoms with E-state index < -0.39 is 0 Å². The van der Waals surface area contributed by atoms with Gasteiger partial charge in [0.2, 0.25) is 0 Å². The van der Waals surface area contributed by atoms with E-state index in [-0.39, 0.29) is 0 Å². The maximum Gasteiger partial charge on any atom is 0.00159 e. The summed E-state index contributed by atoms with van der Waals surface area (Å²) in [4.78, 5) is 0. The molecule has 0 bridgehead atoms. The Morgan fingerprint density at radius 1 is 1.33 bits per heavy atom. The van der Waals surface area contributed by atoms with E-state index in [1.54, 1.807) is 0 Å². The van der Waals surface area contributed by atoms with Crippen molar-refractivity contribution in [1.82, 2.24) is 0 Å². The zero-order valence-electron chi connectivity index (χ0n) is 6.81. The van der Waals surface area contributed by atoms with Crippen molar-refractivity contribution in [3.8, 4) is 0 Å². The summed E-state index contributed by atoms with van der Waals surface area (Å²) in [5, 5.41) is 0.872. The van der Waals surface area contributed by atoms with E-state index in [9.17, 15) is 0 Å². The summed E-state index contributed by atoms with van der Waals surface area (Å²) < 4.78 is 0. The van der Waals surface area contributed by atoms with E-state index in [1.807, 2.05) is 11.8 Å². The van der Waals surface area contributed by atoms with Gasteiger partial charge in [-0.1, -0.05) is 33.1 Å². The molecule has 0 aliphatic carbocycles. The van der Waals surface area contributed by atoms with Gasteiger partial charge in [0.15, 0.2) is 0 Å². The van der Waals surface area contributed by atoms with E-state index in [2.05, 4.69) is 20.1 Å². The number of hydrogen-bond donors (Lipinski definition) is 0. The fraction of sp³-hybridized carbons (Fsp3) is 1.00. The van der Waals surface area contributed by atoms with Crippen LogP contribution < -0.4 is 0 Å². The van der Waals surface area contributed by atoms with Gasteiger partial charge in [0, 0.05) is 5.25 Å². The molecule has 0 radical (unpaired) electrons. The fourth-order valence-corrected chi connectivity index (χ4v) is 1.20. The van der Waals surface area contributed by atoms with Gasteiger partial charge in [-0.25, -0.2) is 0 Å². The minimum Gasteiger partial charge on any atom is -0.162 e. The highest BCUT2D eigenvalue weighted by atomic mass is 32.2. The quantitative estimate of drug-likeness (QED) is 0.536. The van der Waals surface area contributed by atoms with Crippen molar-refractivity contribution >= 4 is 11.8 Å². The van der Waals surface area contributed by atoms with E-state index in [0.717, 1.165) is 5.25 Å². The first-order chi connectivity index (χ1) is 4.31. The molecule has 0 aliphatic heterocycles. The van der Waals surface area contributed by atoms with Crippen molar-refractivity contribution in [1.29, 1.82) is 0 Å². The smallest absolute Gasteiger partial charge is 0.00159 e. The Hall–Kier alpha value is 0.350. The molecule has 0 nitrogen and oxygen atoms in total. The van der Waals surface area contributed by atoms with Gasteiger partial charge in [0.05, 0.1) is 0 Å². The second-order valence-electron chi connectivity index (χ2n) is 2.54. The van der Waals surface area contributed by atoms with Gasteiger partial charge in [-0.3, -0.25) is 0 Å². The van der Waals surface area contributed by atoms with Gasteiger partial charge in [0.1, 0.15) is 0 Å². The van der Waals surface area contributed by atoms with E-state index in [0.29, 0.717) is 0 Å². The molecule has 0 aromatic carbocycles. The van der Waals surface area contributed by atoms with Crippen LogP contribution in [0, 0.1) is 0 Å². The minimum atomic E-state index is 0.872. The summed E-state index contributed by atoms with van der Waals surface area (Å²) in [5.41, 5.74) is 0. The Bertz CT molecular complexity index is 52.5. The van der Waals surface area contributed by atoms with Gasteiger partial charge in [-0.15, -0.1) is 0 Å². The third-order valence-corrected chi connectivity index (χ3v) is 2.66. The highest BCUT2D eigenvalue weighted by Gasteiger charge is 1.96. The molecule has 1 heteroatoms. The standard InChI is InChI=1S/C8H18S/c1-4-5-6-7-8(2)9-3/h8H,4-7H2,1-3H3. The Kier molecular flexibility index (Phi) is 6.72. The lowest BCUT2D eigenvalue weighted by atomic mass is 10.2. The molecule has 9 heavy (non-hydrogen) atoms. The fourth-order valence-electron chi connectivity index (χ4n) is 0.800. The van der Waals surface area contributed by atoms with Crippen LogP contribution in [-0.2, 0) is 0 Å². The molecule has 0 saturated heterocycles. The van der Waals surface area contributed by atoms with Crippen LogP contribution in [-0.4, -0.2) is 11.5 Å². The van der Waals surface area contributed by atoms with E-state index in [1.165, 1.54) is 25.7 Å². The molecule has 0 aromatic rings. The lowest BCUT2D eigenvalue weighted by Gasteiger charge is -2.05. The number of rotatable bonds is 5. The first-order valence-electron chi connectivity index (χ1n) is 3.84. The Balaban J connectivity index is 2.88. The van der Waals surface area contributed by atoms with E-state index >= 15 is 0 Å². The second-order valence-corrected chi connectivity index (χ2v) is 3.82. The molecule has 1 unspecified atom stereocenters. The average molecular weight is 146 g/mol. The topological polar surface area (TPSA) is 0 Å². The van der Waals surface area contributed by atoms with Crippen molar-refractivity contribution in [2.75, 3.05) is 6.26 Å². The Labute approximate surface area is 63.4 Å². The zero-order chi connectivity index (χ0) is 7.11. The van der Waals surface area contributed by atoms with Gasteiger partial charge >= 0.3 is 0 Å². The van der Waals surface area contributed by atoms with E-state index in [4.69, 9.17) is 0 Å². The normalized spacial score (nSPS) is 13.7. The van der Waals surface area contributed by atoms with Crippen molar-refractivity contribution in [3.05, 3.63) is 0 Å². The van der Waals surface area contributed by atoms with Gasteiger partial charge in [-0.2, -0.15) is 11.8 Å². The molecule has 1 atom stereocenters. The Morgan fingerprint density at radius 3 is 2.44 bits per heavy atom. The largest absolute Gasteiger partial charge is 0.162 e. The zero-order valence-corrected chi connectivity index (χ0v) is 7.63. The average Bonchev–Trinajstić information content (AvgIpc) is 1.89. The number of unbranched alkanes of at least 4 members (excludes halogenated alkanes) is 2. The van der Waals surface area contributed by atoms with Crippen molar-refractivity contribution in [2.45, 2.75) is 44.8 Å². The Morgan fingerprint density at radius 2 is 2.00 bits per heavy atom. The van der Waals surface area contributed by atoms with Crippen LogP contribution in [0.4, 0.5) is 0 Å². The molecule has 0 heterocycles. The first-order valence-corrected chi connectivity index (χ1v) is 5.12. The highest BCUT2D eigenvalue weighted by Crippen LogP contribution is 2.13. The highest BCUT2D eigenvalue weighted by molar-refractivity contribution is 7.99. The predicted octanol–water partition coefficient (Wildman–Crippen LogP) is 3.32. The summed E-state index contributed by atoms with van der Waals surface area (Å²) in [5.74, 6) is 0. The molecule has 0 aliphatic rings. The molecular formula is C8H18S.